The van der Waals surface area contributed by atoms with E-state index < -0.39 is 0 Å². The summed E-state index contributed by atoms with van der Waals surface area (Å²) in [5.74, 6) is 5.62. The van der Waals surface area contributed by atoms with Gasteiger partial charge in [0.05, 0.1) is 11.4 Å². The van der Waals surface area contributed by atoms with Crippen molar-refractivity contribution in [2.24, 2.45) is 5.84 Å². The van der Waals surface area contributed by atoms with E-state index >= 15 is 0 Å². The number of anilines is 2. The van der Waals surface area contributed by atoms with Crippen LogP contribution in [-0.2, 0) is 6.42 Å². The highest BCUT2D eigenvalue weighted by atomic mass is 16.1. The van der Waals surface area contributed by atoms with E-state index in [0.717, 1.165) is 17.8 Å². The molecule has 0 unspecified atom stereocenters. The van der Waals surface area contributed by atoms with Crippen molar-refractivity contribution in [1.82, 2.24) is 9.97 Å². The molecule has 2 aromatic heterocycles. The maximum atomic E-state index is 12.3. The Morgan fingerprint density at radius 1 is 1.40 bits per heavy atom. The first kappa shape index (κ1) is 14.0. The standard InChI is InChI=1S/C14H17N5O/c1-3-11-7-10(8-13(17-11)19-15)14(20)18-12-5-4-6-16-9(12)2/h4-8H,3,15H2,1-2H3,(H,17,19)(H,18,20). The van der Waals surface area contributed by atoms with Crippen molar-refractivity contribution in [3.05, 3.63) is 47.4 Å². The second-order valence-corrected chi connectivity index (χ2v) is 4.32. The van der Waals surface area contributed by atoms with Gasteiger partial charge in [-0.2, -0.15) is 0 Å². The van der Waals surface area contributed by atoms with Crippen molar-refractivity contribution in [2.45, 2.75) is 20.3 Å². The second-order valence-electron chi connectivity index (χ2n) is 4.32. The van der Waals surface area contributed by atoms with Crippen LogP contribution in [0.5, 0.6) is 0 Å². The van der Waals surface area contributed by atoms with Gasteiger partial charge >= 0.3 is 0 Å². The van der Waals surface area contributed by atoms with Crippen molar-refractivity contribution in [2.75, 3.05) is 10.7 Å². The molecule has 2 aromatic rings. The average molecular weight is 271 g/mol. The van der Waals surface area contributed by atoms with Crippen LogP contribution in [0.4, 0.5) is 11.5 Å². The molecule has 2 rings (SSSR count). The van der Waals surface area contributed by atoms with E-state index in [2.05, 4.69) is 20.7 Å². The maximum Gasteiger partial charge on any atom is 0.255 e. The van der Waals surface area contributed by atoms with Gasteiger partial charge in [-0.05, 0) is 37.6 Å². The molecular formula is C14H17N5O. The molecule has 0 radical (unpaired) electrons. The molecule has 1 amide bonds. The molecule has 0 aliphatic heterocycles. The number of hydrogen-bond donors (Lipinski definition) is 3. The summed E-state index contributed by atoms with van der Waals surface area (Å²) in [4.78, 5) is 20.7. The SMILES string of the molecule is CCc1cc(C(=O)Nc2cccnc2C)cc(NN)n1. The molecule has 4 N–H and O–H groups in total. The third-order valence-electron chi connectivity index (χ3n) is 2.91. The monoisotopic (exact) mass is 271 g/mol. The summed E-state index contributed by atoms with van der Waals surface area (Å²) in [5.41, 5.74) is 5.23. The number of nitrogens with one attached hydrogen (secondary N) is 2. The summed E-state index contributed by atoms with van der Waals surface area (Å²) >= 11 is 0. The first-order valence-electron chi connectivity index (χ1n) is 6.34. The van der Waals surface area contributed by atoms with Gasteiger partial charge in [-0.25, -0.2) is 10.8 Å². The van der Waals surface area contributed by atoms with Crippen LogP contribution in [0.3, 0.4) is 0 Å². The molecule has 104 valence electrons. The fraction of sp³-hybridized carbons (Fsp3) is 0.214. The summed E-state index contributed by atoms with van der Waals surface area (Å²) in [6.07, 6.45) is 2.41. The minimum absolute atomic E-state index is 0.213. The lowest BCUT2D eigenvalue weighted by Gasteiger charge is -2.09. The highest BCUT2D eigenvalue weighted by molar-refractivity contribution is 6.05. The van der Waals surface area contributed by atoms with E-state index in [1.807, 2.05) is 19.9 Å². The maximum absolute atomic E-state index is 12.3. The van der Waals surface area contributed by atoms with Gasteiger partial charge in [-0.15, -0.1) is 0 Å². The van der Waals surface area contributed by atoms with E-state index in [-0.39, 0.29) is 5.91 Å². The third-order valence-corrected chi connectivity index (χ3v) is 2.91. The lowest BCUT2D eigenvalue weighted by atomic mass is 10.1. The van der Waals surface area contributed by atoms with Crippen LogP contribution in [0.1, 0.15) is 28.7 Å². The number of carbonyl (C=O) groups is 1. The Kier molecular flexibility index (Phi) is 4.27. The van der Waals surface area contributed by atoms with Gasteiger partial charge in [0.2, 0.25) is 0 Å². The van der Waals surface area contributed by atoms with Crippen LogP contribution in [0.15, 0.2) is 30.5 Å². The van der Waals surface area contributed by atoms with E-state index in [9.17, 15) is 4.79 Å². The Morgan fingerprint density at radius 3 is 2.85 bits per heavy atom. The zero-order valence-corrected chi connectivity index (χ0v) is 11.5. The number of nitrogen functional groups attached to an aromatic ring is 1. The van der Waals surface area contributed by atoms with Crippen LogP contribution in [0, 0.1) is 6.92 Å². The number of nitrogens with two attached hydrogens (primary N) is 1. The summed E-state index contributed by atoms with van der Waals surface area (Å²) in [7, 11) is 0. The van der Waals surface area contributed by atoms with Crippen molar-refractivity contribution >= 4 is 17.4 Å². The molecule has 6 heteroatoms. The highest BCUT2D eigenvalue weighted by Crippen LogP contribution is 2.15. The molecule has 0 bridgehead atoms. The Hall–Kier alpha value is -2.47. The van der Waals surface area contributed by atoms with Crippen molar-refractivity contribution in [3.63, 3.8) is 0 Å². The summed E-state index contributed by atoms with van der Waals surface area (Å²) in [6, 6.07) is 6.95. The number of carbonyl (C=O) groups excluding carboxylic acids is 1. The first-order valence-corrected chi connectivity index (χ1v) is 6.34. The fourth-order valence-corrected chi connectivity index (χ4v) is 1.78. The number of aryl methyl sites for hydroxylation is 2. The predicted octanol–water partition coefficient (Wildman–Crippen LogP) is 1.89. The van der Waals surface area contributed by atoms with Gasteiger partial charge in [0.1, 0.15) is 5.82 Å². The predicted molar refractivity (Wildman–Crippen MR) is 78.4 cm³/mol. The lowest BCUT2D eigenvalue weighted by molar-refractivity contribution is 0.102. The van der Waals surface area contributed by atoms with Crippen LogP contribution in [0.25, 0.3) is 0 Å². The lowest BCUT2D eigenvalue weighted by Crippen LogP contribution is -2.16. The van der Waals surface area contributed by atoms with Crippen LogP contribution < -0.4 is 16.6 Å². The number of amides is 1. The van der Waals surface area contributed by atoms with E-state index in [1.54, 1.807) is 24.4 Å². The number of hydrogen-bond acceptors (Lipinski definition) is 5. The molecule has 0 spiro atoms. The van der Waals surface area contributed by atoms with Crippen molar-refractivity contribution in [1.29, 1.82) is 0 Å². The van der Waals surface area contributed by atoms with Crippen molar-refractivity contribution in [3.8, 4) is 0 Å². The summed E-state index contributed by atoms with van der Waals surface area (Å²) in [5, 5.41) is 2.83. The zero-order valence-electron chi connectivity index (χ0n) is 11.5. The van der Waals surface area contributed by atoms with Crippen LogP contribution in [-0.4, -0.2) is 15.9 Å². The Bertz CT molecular complexity index is 604. The Morgan fingerprint density at radius 2 is 2.20 bits per heavy atom. The van der Waals surface area contributed by atoms with Gasteiger partial charge in [0, 0.05) is 17.5 Å². The third kappa shape index (κ3) is 3.10. The molecule has 0 aliphatic carbocycles. The second kappa shape index (κ2) is 6.12. The van der Waals surface area contributed by atoms with Crippen LogP contribution >= 0.6 is 0 Å². The largest absolute Gasteiger partial charge is 0.320 e. The van der Waals surface area contributed by atoms with E-state index in [0.29, 0.717) is 17.1 Å². The van der Waals surface area contributed by atoms with Crippen molar-refractivity contribution < 1.29 is 4.79 Å². The minimum atomic E-state index is -0.213. The van der Waals surface area contributed by atoms with Gasteiger partial charge in [-0.1, -0.05) is 6.92 Å². The summed E-state index contributed by atoms with van der Waals surface area (Å²) < 4.78 is 0. The van der Waals surface area contributed by atoms with Gasteiger partial charge in [-0.3, -0.25) is 9.78 Å². The number of pyridine rings is 2. The Balaban J connectivity index is 2.27. The Labute approximate surface area is 117 Å². The molecule has 0 aromatic carbocycles. The highest BCUT2D eigenvalue weighted by Gasteiger charge is 2.10. The molecule has 0 saturated heterocycles. The van der Waals surface area contributed by atoms with Gasteiger partial charge in [0.25, 0.3) is 5.91 Å². The number of hydrazine groups is 1. The summed E-state index contributed by atoms with van der Waals surface area (Å²) in [6.45, 7) is 3.81. The van der Waals surface area contributed by atoms with Gasteiger partial charge < -0.3 is 10.7 Å². The zero-order chi connectivity index (χ0) is 14.5. The average Bonchev–Trinajstić information content (AvgIpc) is 2.48. The van der Waals surface area contributed by atoms with Crippen LogP contribution in [0.2, 0.25) is 0 Å². The van der Waals surface area contributed by atoms with E-state index in [1.165, 1.54) is 0 Å². The molecule has 2 heterocycles. The topological polar surface area (TPSA) is 92.9 Å². The molecule has 0 fully saturated rings. The number of aromatic nitrogens is 2. The smallest absolute Gasteiger partial charge is 0.255 e. The number of rotatable bonds is 4. The minimum Gasteiger partial charge on any atom is -0.320 e. The normalized spacial score (nSPS) is 10.2. The molecule has 20 heavy (non-hydrogen) atoms. The fourth-order valence-electron chi connectivity index (χ4n) is 1.78. The van der Waals surface area contributed by atoms with E-state index in [4.69, 9.17) is 5.84 Å². The number of nitrogens with zero attached hydrogens (tertiary/aromatic N) is 2. The quantitative estimate of drug-likeness (QED) is 0.583. The molecule has 0 saturated carbocycles. The molecule has 0 aliphatic rings. The van der Waals surface area contributed by atoms with Gasteiger partial charge in [0.15, 0.2) is 0 Å². The molecular weight excluding hydrogens is 254 g/mol. The molecule has 6 nitrogen and oxygen atoms in total. The first-order chi connectivity index (χ1) is 9.63. The molecule has 0 atom stereocenters.